The van der Waals surface area contributed by atoms with Crippen molar-refractivity contribution in [2.24, 2.45) is 0 Å². The number of hydrogen-bond acceptors (Lipinski definition) is 1. The summed E-state index contributed by atoms with van der Waals surface area (Å²) in [5, 5.41) is 0.554. The van der Waals surface area contributed by atoms with Crippen molar-refractivity contribution in [3.63, 3.8) is 0 Å². The van der Waals surface area contributed by atoms with Crippen LogP contribution in [0.1, 0.15) is 11.1 Å². The lowest BCUT2D eigenvalue weighted by Gasteiger charge is -1.97. The molecule has 0 amide bonds. The molecule has 0 unspecified atom stereocenters. The third-order valence-corrected chi connectivity index (χ3v) is 2.01. The molecular weight excluding hydrogens is 193 g/mol. The Bertz CT molecular complexity index is 295. The first-order chi connectivity index (χ1) is 5.74. The van der Waals surface area contributed by atoms with E-state index >= 15 is 0 Å². The van der Waals surface area contributed by atoms with E-state index in [0.29, 0.717) is 11.0 Å². The highest BCUT2D eigenvalue weighted by Crippen LogP contribution is 2.13. The fourth-order valence-corrected chi connectivity index (χ4v) is 1.04. The monoisotopic (exact) mass is 201 g/mol. The Morgan fingerprint density at radius 1 is 1.58 bits per heavy atom. The highest BCUT2D eigenvalue weighted by molar-refractivity contribution is 6.30. The molecule has 1 heterocycles. The molecule has 0 aromatic carbocycles. The molecule has 0 spiro atoms. The Balaban J connectivity index is 2.89. The van der Waals surface area contributed by atoms with Gasteiger partial charge in [-0.05, 0) is 24.1 Å². The van der Waals surface area contributed by atoms with Crippen molar-refractivity contribution in [2.45, 2.75) is 6.92 Å². The van der Waals surface area contributed by atoms with E-state index in [2.05, 4.69) is 4.98 Å². The van der Waals surface area contributed by atoms with E-state index in [-0.39, 0.29) is 0 Å². The number of halogens is 2. The van der Waals surface area contributed by atoms with Gasteiger partial charge in [0, 0.05) is 12.1 Å². The number of aromatic nitrogens is 1. The van der Waals surface area contributed by atoms with E-state index in [9.17, 15) is 0 Å². The number of pyridine rings is 1. The molecule has 1 rings (SSSR count). The molecule has 1 aromatic rings. The van der Waals surface area contributed by atoms with Gasteiger partial charge in [0.05, 0.1) is 0 Å². The molecule has 64 valence electrons. The lowest BCUT2D eigenvalue weighted by molar-refractivity contribution is 1.26. The van der Waals surface area contributed by atoms with Crippen LogP contribution in [0.3, 0.4) is 0 Å². The summed E-state index contributed by atoms with van der Waals surface area (Å²) in [6.07, 6.45) is 5.51. The molecule has 0 aliphatic rings. The highest BCUT2D eigenvalue weighted by atomic mass is 35.5. The molecule has 0 atom stereocenters. The van der Waals surface area contributed by atoms with Gasteiger partial charge in [0.15, 0.2) is 0 Å². The van der Waals surface area contributed by atoms with Crippen molar-refractivity contribution >= 4 is 29.3 Å². The maximum Gasteiger partial charge on any atom is 0.131 e. The highest BCUT2D eigenvalue weighted by Gasteiger charge is 1.95. The van der Waals surface area contributed by atoms with Crippen LogP contribution in [0.5, 0.6) is 0 Å². The van der Waals surface area contributed by atoms with Crippen LogP contribution in [0, 0.1) is 6.92 Å². The molecule has 0 fully saturated rings. The summed E-state index contributed by atoms with van der Waals surface area (Å²) in [4.78, 5) is 4.00. The minimum atomic E-state index is 0.516. The van der Waals surface area contributed by atoms with Crippen LogP contribution in [0.4, 0.5) is 0 Å². The molecule has 1 nitrogen and oxygen atoms in total. The third-order valence-electron chi connectivity index (χ3n) is 1.43. The van der Waals surface area contributed by atoms with Crippen LogP contribution in [0.25, 0.3) is 6.08 Å². The lowest BCUT2D eigenvalue weighted by atomic mass is 10.2. The summed E-state index contributed by atoms with van der Waals surface area (Å²) >= 11 is 11.2. The van der Waals surface area contributed by atoms with Gasteiger partial charge in [-0.1, -0.05) is 23.8 Å². The lowest BCUT2D eigenvalue weighted by Crippen LogP contribution is -1.82. The van der Waals surface area contributed by atoms with Crippen LogP contribution in [-0.2, 0) is 0 Å². The van der Waals surface area contributed by atoms with Gasteiger partial charge in [0.25, 0.3) is 0 Å². The maximum absolute atomic E-state index is 5.75. The average Bonchev–Trinajstić information content (AvgIpc) is 2.07. The van der Waals surface area contributed by atoms with E-state index in [1.165, 1.54) is 0 Å². The van der Waals surface area contributed by atoms with Gasteiger partial charge in [-0.15, -0.1) is 11.6 Å². The second kappa shape index (κ2) is 4.48. The Labute approximate surface area is 82.0 Å². The molecule has 0 saturated carbocycles. The summed E-state index contributed by atoms with van der Waals surface area (Å²) in [6, 6.07) is 1.97. The number of rotatable bonds is 2. The quantitative estimate of drug-likeness (QED) is 0.529. The number of allylic oxidation sites excluding steroid dienone is 1. The number of nitrogens with zero attached hydrogens (tertiary/aromatic N) is 1. The van der Waals surface area contributed by atoms with Gasteiger partial charge < -0.3 is 0 Å². The summed E-state index contributed by atoms with van der Waals surface area (Å²) in [5.41, 5.74) is 2.01. The molecule has 0 bridgehead atoms. The maximum atomic E-state index is 5.75. The Kier molecular flexibility index (Phi) is 3.57. The minimum absolute atomic E-state index is 0.516. The zero-order chi connectivity index (χ0) is 8.97. The largest absolute Gasteiger partial charge is 0.244 e. The standard InChI is InChI=1S/C9H9Cl2N/c1-7-5-8(3-2-4-10)6-12-9(7)11/h2-3,5-6H,4H2,1H3. The fourth-order valence-electron chi connectivity index (χ4n) is 0.852. The second-order valence-corrected chi connectivity index (χ2v) is 3.10. The van der Waals surface area contributed by atoms with E-state index in [4.69, 9.17) is 23.2 Å². The van der Waals surface area contributed by atoms with E-state index in [1.54, 1.807) is 6.20 Å². The van der Waals surface area contributed by atoms with Gasteiger partial charge in [-0.3, -0.25) is 0 Å². The van der Waals surface area contributed by atoms with Gasteiger partial charge in [-0.25, -0.2) is 4.98 Å². The Morgan fingerprint density at radius 2 is 2.33 bits per heavy atom. The van der Waals surface area contributed by atoms with E-state index < -0.39 is 0 Å². The van der Waals surface area contributed by atoms with Gasteiger partial charge in [0.2, 0.25) is 0 Å². The van der Waals surface area contributed by atoms with E-state index in [1.807, 2.05) is 25.1 Å². The first-order valence-corrected chi connectivity index (χ1v) is 4.50. The van der Waals surface area contributed by atoms with Crippen molar-refractivity contribution in [2.75, 3.05) is 5.88 Å². The van der Waals surface area contributed by atoms with Crippen LogP contribution in [0.2, 0.25) is 5.15 Å². The summed E-state index contributed by atoms with van der Waals surface area (Å²) in [6.45, 7) is 1.92. The molecule has 0 saturated heterocycles. The number of hydrogen-bond donors (Lipinski definition) is 0. The third kappa shape index (κ3) is 2.50. The molecule has 0 aliphatic carbocycles. The van der Waals surface area contributed by atoms with Crippen molar-refractivity contribution in [3.8, 4) is 0 Å². The first kappa shape index (κ1) is 9.56. The van der Waals surface area contributed by atoms with Gasteiger partial charge >= 0.3 is 0 Å². The van der Waals surface area contributed by atoms with Crippen molar-refractivity contribution in [1.29, 1.82) is 0 Å². The smallest absolute Gasteiger partial charge is 0.131 e. The summed E-state index contributed by atoms with van der Waals surface area (Å²) < 4.78 is 0. The topological polar surface area (TPSA) is 12.9 Å². The molecule has 0 aliphatic heterocycles. The molecule has 1 aromatic heterocycles. The van der Waals surface area contributed by atoms with Gasteiger partial charge in [-0.2, -0.15) is 0 Å². The SMILES string of the molecule is Cc1cc(C=CCCl)cnc1Cl. The fraction of sp³-hybridized carbons (Fsp3) is 0.222. The zero-order valence-electron chi connectivity index (χ0n) is 6.72. The summed E-state index contributed by atoms with van der Waals surface area (Å²) in [7, 11) is 0. The molecule has 0 radical (unpaired) electrons. The van der Waals surface area contributed by atoms with Gasteiger partial charge in [0.1, 0.15) is 5.15 Å². The molecular formula is C9H9Cl2N. The molecule has 3 heteroatoms. The molecule has 0 N–H and O–H groups in total. The Morgan fingerprint density at radius 3 is 2.92 bits per heavy atom. The number of alkyl halides is 1. The predicted molar refractivity (Wildman–Crippen MR) is 53.7 cm³/mol. The second-order valence-electron chi connectivity index (χ2n) is 2.43. The van der Waals surface area contributed by atoms with Crippen LogP contribution in [-0.4, -0.2) is 10.9 Å². The normalized spacial score (nSPS) is 10.9. The first-order valence-electron chi connectivity index (χ1n) is 3.58. The zero-order valence-corrected chi connectivity index (χ0v) is 8.23. The van der Waals surface area contributed by atoms with Crippen LogP contribution < -0.4 is 0 Å². The molecule has 12 heavy (non-hydrogen) atoms. The number of aryl methyl sites for hydroxylation is 1. The van der Waals surface area contributed by atoms with Crippen molar-refractivity contribution in [1.82, 2.24) is 4.98 Å². The van der Waals surface area contributed by atoms with E-state index in [0.717, 1.165) is 11.1 Å². The van der Waals surface area contributed by atoms with Crippen molar-refractivity contribution < 1.29 is 0 Å². The Hall–Kier alpha value is -0.530. The minimum Gasteiger partial charge on any atom is -0.244 e. The van der Waals surface area contributed by atoms with Crippen molar-refractivity contribution in [3.05, 3.63) is 34.6 Å². The average molecular weight is 202 g/mol. The van der Waals surface area contributed by atoms with Crippen LogP contribution in [0.15, 0.2) is 18.3 Å². The predicted octanol–water partition coefficient (Wildman–Crippen LogP) is 3.30. The van der Waals surface area contributed by atoms with Crippen LogP contribution >= 0.6 is 23.2 Å². The summed E-state index contributed by atoms with van der Waals surface area (Å²) in [5.74, 6) is 0.516.